The van der Waals surface area contributed by atoms with Crippen LogP contribution < -0.4 is 10.6 Å². The fraction of sp³-hybridized carbons (Fsp3) is 0.850. The van der Waals surface area contributed by atoms with Crippen LogP contribution in [0.4, 0.5) is 0 Å². The zero-order valence-electron chi connectivity index (χ0n) is 17.1. The van der Waals surface area contributed by atoms with Crippen LogP contribution in [0, 0.1) is 23.7 Å². The molecule has 1 saturated carbocycles. The fourth-order valence-corrected chi connectivity index (χ4v) is 3.51. The zero-order valence-corrected chi connectivity index (χ0v) is 17.1. The molecule has 6 heteroatoms. The van der Waals surface area contributed by atoms with E-state index in [0.29, 0.717) is 0 Å². The lowest BCUT2D eigenvalue weighted by atomic mass is 9.80. The smallest absolute Gasteiger partial charge is 0.328 e. The zero-order chi connectivity index (χ0) is 19.9. The van der Waals surface area contributed by atoms with Crippen LogP contribution in [0.3, 0.4) is 0 Å². The van der Waals surface area contributed by atoms with E-state index in [1.54, 1.807) is 0 Å². The Hall–Kier alpha value is -1.59. The Bertz CT molecular complexity index is 482. The molecule has 150 valence electrons. The van der Waals surface area contributed by atoms with E-state index in [9.17, 15) is 14.4 Å². The fourth-order valence-electron chi connectivity index (χ4n) is 3.51. The van der Waals surface area contributed by atoms with Gasteiger partial charge in [-0.2, -0.15) is 0 Å². The second kappa shape index (κ2) is 10.5. The maximum Gasteiger partial charge on any atom is 0.328 e. The summed E-state index contributed by atoms with van der Waals surface area (Å²) in [7, 11) is 1.30. The molecule has 1 aliphatic carbocycles. The molecule has 0 saturated heterocycles. The first-order chi connectivity index (χ1) is 12.2. The molecule has 0 aliphatic heterocycles. The molecular weight excluding hydrogens is 332 g/mol. The van der Waals surface area contributed by atoms with Gasteiger partial charge in [-0.3, -0.25) is 9.59 Å². The third-order valence-electron chi connectivity index (χ3n) is 5.46. The molecule has 1 fully saturated rings. The average molecular weight is 369 g/mol. The molecule has 0 aromatic heterocycles. The van der Waals surface area contributed by atoms with Crippen molar-refractivity contribution in [3.05, 3.63) is 0 Å². The van der Waals surface area contributed by atoms with Crippen molar-refractivity contribution in [1.29, 1.82) is 0 Å². The van der Waals surface area contributed by atoms with Gasteiger partial charge in [0.2, 0.25) is 11.8 Å². The van der Waals surface area contributed by atoms with Gasteiger partial charge < -0.3 is 15.4 Å². The number of carbonyl (C=O) groups excluding carboxylic acids is 3. The van der Waals surface area contributed by atoms with Crippen LogP contribution in [-0.4, -0.2) is 37.0 Å². The van der Waals surface area contributed by atoms with Crippen LogP contribution in [0.15, 0.2) is 0 Å². The molecule has 0 heterocycles. The summed E-state index contributed by atoms with van der Waals surface area (Å²) in [5.74, 6) is -0.327. The number of amides is 2. The average Bonchev–Trinajstić information content (AvgIpc) is 2.62. The Morgan fingerprint density at radius 3 is 1.88 bits per heavy atom. The van der Waals surface area contributed by atoms with E-state index in [1.165, 1.54) is 7.11 Å². The number of carbonyl (C=O) groups is 3. The van der Waals surface area contributed by atoms with Gasteiger partial charge >= 0.3 is 5.97 Å². The van der Waals surface area contributed by atoms with Gasteiger partial charge in [0.25, 0.3) is 0 Å². The molecule has 0 aromatic rings. The molecule has 6 nitrogen and oxygen atoms in total. The molecule has 0 aromatic carbocycles. The summed E-state index contributed by atoms with van der Waals surface area (Å²) in [6.07, 6.45) is 5.08. The molecule has 0 radical (unpaired) electrons. The number of hydrogen-bond donors (Lipinski definition) is 2. The minimum Gasteiger partial charge on any atom is -0.467 e. The Morgan fingerprint density at radius 2 is 1.46 bits per heavy atom. The lowest BCUT2D eigenvalue weighted by Crippen LogP contribution is -2.56. The van der Waals surface area contributed by atoms with E-state index in [2.05, 4.69) is 17.6 Å². The van der Waals surface area contributed by atoms with E-state index >= 15 is 0 Å². The van der Waals surface area contributed by atoms with Gasteiger partial charge in [-0.25, -0.2) is 4.79 Å². The summed E-state index contributed by atoms with van der Waals surface area (Å²) in [6.45, 7) is 9.66. The highest BCUT2D eigenvalue weighted by molar-refractivity contribution is 5.91. The lowest BCUT2D eigenvalue weighted by molar-refractivity contribution is -0.147. The number of nitrogens with one attached hydrogen (secondary N) is 2. The predicted octanol–water partition coefficient (Wildman–Crippen LogP) is 2.66. The standard InChI is InChI=1S/C20H36N2O4/c1-7-14-8-10-15(11-9-14)18(23)21-16(12(2)3)19(24)22-17(13(4)5)20(25)26-6/h12-17H,7-11H2,1-6H3,(H,21,23)(H,22,24)/t14?,15?,16-,17+/m1/s1. The normalized spacial score (nSPS) is 22.6. The van der Waals surface area contributed by atoms with E-state index in [1.807, 2.05) is 27.7 Å². The van der Waals surface area contributed by atoms with Crippen molar-refractivity contribution >= 4 is 17.8 Å². The van der Waals surface area contributed by atoms with Crippen molar-refractivity contribution in [1.82, 2.24) is 10.6 Å². The maximum atomic E-state index is 12.7. The SMILES string of the molecule is CCC1CCC(C(=O)N[C@@H](C(=O)N[C@H](C(=O)OC)C(C)C)C(C)C)CC1. The van der Waals surface area contributed by atoms with Crippen molar-refractivity contribution < 1.29 is 19.1 Å². The van der Waals surface area contributed by atoms with Crippen LogP contribution in [0.2, 0.25) is 0 Å². The van der Waals surface area contributed by atoms with E-state index in [0.717, 1.165) is 38.0 Å². The maximum absolute atomic E-state index is 12.7. The third-order valence-corrected chi connectivity index (χ3v) is 5.46. The molecule has 0 unspecified atom stereocenters. The van der Waals surface area contributed by atoms with Crippen LogP contribution in [0.1, 0.15) is 66.7 Å². The monoisotopic (exact) mass is 368 g/mol. The molecule has 2 N–H and O–H groups in total. The first kappa shape index (κ1) is 22.5. The first-order valence-corrected chi connectivity index (χ1v) is 9.89. The van der Waals surface area contributed by atoms with Crippen LogP contribution in [0.25, 0.3) is 0 Å². The number of ether oxygens (including phenoxy) is 1. The van der Waals surface area contributed by atoms with Crippen molar-refractivity contribution in [3.8, 4) is 0 Å². The highest BCUT2D eigenvalue weighted by atomic mass is 16.5. The third kappa shape index (κ3) is 6.29. The van der Waals surface area contributed by atoms with E-state index < -0.39 is 18.1 Å². The van der Waals surface area contributed by atoms with Gasteiger partial charge in [-0.05, 0) is 43.4 Å². The summed E-state index contributed by atoms with van der Waals surface area (Å²) in [4.78, 5) is 37.2. The molecule has 1 aliphatic rings. The molecule has 0 spiro atoms. The van der Waals surface area contributed by atoms with Crippen molar-refractivity contribution in [2.24, 2.45) is 23.7 Å². The van der Waals surface area contributed by atoms with Crippen molar-refractivity contribution in [2.45, 2.75) is 78.8 Å². The Morgan fingerprint density at radius 1 is 0.923 bits per heavy atom. The minimum absolute atomic E-state index is 0.0200. The second-order valence-corrected chi connectivity index (χ2v) is 8.11. The van der Waals surface area contributed by atoms with Gasteiger partial charge in [0, 0.05) is 5.92 Å². The molecular formula is C20H36N2O4. The molecule has 1 rings (SSSR count). The van der Waals surface area contributed by atoms with Gasteiger partial charge in [-0.1, -0.05) is 41.0 Å². The Kier molecular flexibility index (Phi) is 9.09. The van der Waals surface area contributed by atoms with Gasteiger partial charge in [0.05, 0.1) is 7.11 Å². The summed E-state index contributed by atoms with van der Waals surface area (Å²) in [5, 5.41) is 5.66. The predicted molar refractivity (Wildman–Crippen MR) is 101 cm³/mol. The van der Waals surface area contributed by atoms with Gasteiger partial charge in [0.15, 0.2) is 0 Å². The number of esters is 1. The van der Waals surface area contributed by atoms with Crippen molar-refractivity contribution in [2.75, 3.05) is 7.11 Å². The van der Waals surface area contributed by atoms with Gasteiger partial charge in [0.1, 0.15) is 12.1 Å². The Labute approximate surface area is 157 Å². The quantitative estimate of drug-likeness (QED) is 0.645. The lowest BCUT2D eigenvalue weighted by Gasteiger charge is -2.30. The highest BCUT2D eigenvalue weighted by Gasteiger charge is 2.33. The number of hydrogen-bond acceptors (Lipinski definition) is 4. The summed E-state index contributed by atoms with van der Waals surface area (Å²) >= 11 is 0. The number of rotatable bonds is 8. The van der Waals surface area contributed by atoms with E-state index in [4.69, 9.17) is 4.74 Å². The molecule has 2 amide bonds. The topological polar surface area (TPSA) is 84.5 Å². The van der Waals surface area contributed by atoms with E-state index in [-0.39, 0.29) is 29.6 Å². The van der Waals surface area contributed by atoms with Crippen LogP contribution in [-0.2, 0) is 19.1 Å². The van der Waals surface area contributed by atoms with Crippen molar-refractivity contribution in [3.63, 3.8) is 0 Å². The van der Waals surface area contributed by atoms with Crippen LogP contribution >= 0.6 is 0 Å². The molecule has 2 atom stereocenters. The first-order valence-electron chi connectivity index (χ1n) is 9.89. The van der Waals surface area contributed by atoms with Gasteiger partial charge in [-0.15, -0.1) is 0 Å². The highest BCUT2D eigenvalue weighted by Crippen LogP contribution is 2.30. The minimum atomic E-state index is -0.717. The molecule has 0 bridgehead atoms. The summed E-state index contributed by atoms with van der Waals surface area (Å²) < 4.78 is 4.77. The summed E-state index contributed by atoms with van der Waals surface area (Å²) in [5.41, 5.74) is 0. The summed E-state index contributed by atoms with van der Waals surface area (Å²) in [6, 6.07) is -1.37. The Balaban J connectivity index is 2.71. The van der Waals surface area contributed by atoms with Crippen LogP contribution in [0.5, 0.6) is 0 Å². The second-order valence-electron chi connectivity index (χ2n) is 8.11. The molecule has 26 heavy (non-hydrogen) atoms. The largest absolute Gasteiger partial charge is 0.467 e. The number of methoxy groups -OCH3 is 1.